The standard InChI is InChI=1S/C8H13F2N3O/c1-2-13-6(3-8(11)12-13)4-14-5-7(9)10/h3,7H,2,4-5H2,1H3,(H2,11,12). The van der Waals surface area contributed by atoms with Crippen molar-refractivity contribution in [3.8, 4) is 0 Å². The zero-order valence-corrected chi connectivity index (χ0v) is 7.91. The lowest BCUT2D eigenvalue weighted by Crippen LogP contribution is -2.08. The molecule has 0 aliphatic heterocycles. The Morgan fingerprint density at radius 3 is 2.93 bits per heavy atom. The van der Waals surface area contributed by atoms with Crippen LogP contribution in [0.5, 0.6) is 0 Å². The smallest absolute Gasteiger partial charge is 0.261 e. The van der Waals surface area contributed by atoms with E-state index in [0.29, 0.717) is 18.1 Å². The number of nitrogens with zero attached hydrogens (tertiary/aromatic N) is 2. The maximum absolute atomic E-state index is 11.8. The van der Waals surface area contributed by atoms with Gasteiger partial charge in [-0.2, -0.15) is 5.10 Å². The maximum Gasteiger partial charge on any atom is 0.261 e. The largest absolute Gasteiger partial charge is 0.382 e. The molecule has 0 saturated carbocycles. The van der Waals surface area contributed by atoms with Gasteiger partial charge < -0.3 is 10.5 Å². The van der Waals surface area contributed by atoms with Gasteiger partial charge in [0.1, 0.15) is 12.4 Å². The van der Waals surface area contributed by atoms with Gasteiger partial charge in [0, 0.05) is 12.6 Å². The molecule has 4 nitrogen and oxygen atoms in total. The Kier molecular flexibility index (Phi) is 3.82. The molecule has 6 heteroatoms. The molecule has 1 aromatic rings. The molecule has 0 aliphatic rings. The van der Waals surface area contributed by atoms with Crippen molar-refractivity contribution in [2.24, 2.45) is 0 Å². The molecule has 1 aromatic heterocycles. The van der Waals surface area contributed by atoms with E-state index in [1.807, 2.05) is 6.92 Å². The molecule has 0 fully saturated rings. The molecule has 14 heavy (non-hydrogen) atoms. The Labute approximate surface area is 80.6 Å². The molecule has 0 bridgehead atoms. The molecule has 0 atom stereocenters. The lowest BCUT2D eigenvalue weighted by Gasteiger charge is -2.04. The van der Waals surface area contributed by atoms with Crippen molar-refractivity contribution in [2.75, 3.05) is 12.3 Å². The third-order valence-corrected chi connectivity index (χ3v) is 1.68. The van der Waals surface area contributed by atoms with Gasteiger partial charge in [0.15, 0.2) is 0 Å². The summed E-state index contributed by atoms with van der Waals surface area (Å²) in [6.45, 7) is 2.09. The Balaban J connectivity index is 2.48. The summed E-state index contributed by atoms with van der Waals surface area (Å²) < 4.78 is 29.9. The molecule has 0 radical (unpaired) electrons. The van der Waals surface area contributed by atoms with Crippen molar-refractivity contribution in [3.63, 3.8) is 0 Å². The SMILES string of the molecule is CCn1nc(N)cc1COCC(F)F. The highest BCUT2D eigenvalue weighted by Gasteiger charge is 2.06. The van der Waals surface area contributed by atoms with E-state index in [1.54, 1.807) is 10.7 Å². The Morgan fingerprint density at radius 1 is 1.64 bits per heavy atom. The first-order valence-electron chi connectivity index (χ1n) is 4.31. The third kappa shape index (κ3) is 2.95. The number of hydrogen-bond acceptors (Lipinski definition) is 3. The molecule has 1 heterocycles. The summed E-state index contributed by atoms with van der Waals surface area (Å²) in [5, 5.41) is 3.95. The van der Waals surface area contributed by atoms with Crippen molar-refractivity contribution in [2.45, 2.75) is 26.5 Å². The van der Waals surface area contributed by atoms with Crippen molar-refractivity contribution >= 4 is 5.82 Å². The van der Waals surface area contributed by atoms with Crippen LogP contribution in [0.15, 0.2) is 6.07 Å². The fraction of sp³-hybridized carbons (Fsp3) is 0.625. The van der Waals surface area contributed by atoms with E-state index < -0.39 is 13.0 Å². The summed E-state index contributed by atoms with van der Waals surface area (Å²) in [6, 6.07) is 1.62. The zero-order valence-electron chi connectivity index (χ0n) is 7.91. The minimum atomic E-state index is -2.44. The van der Waals surface area contributed by atoms with E-state index in [-0.39, 0.29) is 6.61 Å². The fourth-order valence-electron chi connectivity index (χ4n) is 1.12. The summed E-state index contributed by atoms with van der Waals surface area (Å²) >= 11 is 0. The number of aromatic nitrogens is 2. The molecule has 0 aromatic carbocycles. The van der Waals surface area contributed by atoms with E-state index in [0.717, 1.165) is 0 Å². The second-order valence-electron chi connectivity index (χ2n) is 2.78. The maximum atomic E-state index is 11.8. The van der Waals surface area contributed by atoms with Crippen LogP contribution in [0, 0.1) is 0 Å². The number of alkyl halides is 2. The lowest BCUT2D eigenvalue weighted by atomic mass is 10.4. The summed E-state index contributed by atoms with van der Waals surface area (Å²) in [5.41, 5.74) is 6.16. The van der Waals surface area contributed by atoms with E-state index in [4.69, 9.17) is 10.5 Å². The predicted octanol–water partition coefficient (Wildman–Crippen LogP) is 1.27. The topological polar surface area (TPSA) is 53.1 Å². The Morgan fingerprint density at radius 2 is 2.36 bits per heavy atom. The van der Waals surface area contributed by atoms with Gasteiger partial charge in [0.2, 0.25) is 0 Å². The molecule has 0 amide bonds. The Bertz CT molecular complexity index is 288. The number of anilines is 1. The molecular weight excluding hydrogens is 192 g/mol. The minimum Gasteiger partial charge on any atom is -0.382 e. The van der Waals surface area contributed by atoms with Crippen LogP contribution in [0.4, 0.5) is 14.6 Å². The van der Waals surface area contributed by atoms with E-state index in [1.165, 1.54) is 0 Å². The summed E-state index contributed by atoms with van der Waals surface area (Å²) in [4.78, 5) is 0. The van der Waals surface area contributed by atoms with Crippen molar-refractivity contribution in [1.29, 1.82) is 0 Å². The highest BCUT2D eigenvalue weighted by molar-refractivity contribution is 5.29. The lowest BCUT2D eigenvalue weighted by molar-refractivity contribution is 0.00771. The first-order chi connectivity index (χ1) is 6.63. The number of rotatable bonds is 5. The first-order valence-corrected chi connectivity index (χ1v) is 4.31. The van der Waals surface area contributed by atoms with Crippen LogP contribution in [0.25, 0.3) is 0 Å². The molecule has 0 saturated heterocycles. The van der Waals surface area contributed by atoms with Crippen LogP contribution in [0.3, 0.4) is 0 Å². The average Bonchev–Trinajstić information content (AvgIpc) is 2.45. The van der Waals surface area contributed by atoms with E-state index in [9.17, 15) is 8.78 Å². The van der Waals surface area contributed by atoms with Crippen molar-refractivity contribution in [3.05, 3.63) is 11.8 Å². The molecule has 80 valence electrons. The van der Waals surface area contributed by atoms with Crippen LogP contribution in [-0.2, 0) is 17.9 Å². The van der Waals surface area contributed by atoms with Gasteiger partial charge in [-0.05, 0) is 6.92 Å². The summed E-state index contributed by atoms with van der Waals surface area (Å²) in [5.74, 6) is 0.377. The highest BCUT2D eigenvalue weighted by Crippen LogP contribution is 2.08. The molecule has 1 rings (SSSR count). The highest BCUT2D eigenvalue weighted by atomic mass is 19.3. The zero-order chi connectivity index (χ0) is 10.6. The first kappa shape index (κ1) is 10.9. The Hall–Kier alpha value is -1.17. The van der Waals surface area contributed by atoms with Crippen LogP contribution in [-0.4, -0.2) is 22.8 Å². The number of hydrogen-bond donors (Lipinski definition) is 1. The number of aryl methyl sites for hydroxylation is 1. The van der Waals surface area contributed by atoms with E-state index >= 15 is 0 Å². The second-order valence-corrected chi connectivity index (χ2v) is 2.78. The number of halogens is 2. The van der Waals surface area contributed by atoms with Crippen LogP contribution in [0.2, 0.25) is 0 Å². The normalized spacial score (nSPS) is 11.1. The van der Waals surface area contributed by atoms with Crippen LogP contribution < -0.4 is 5.73 Å². The molecule has 2 N–H and O–H groups in total. The molecular formula is C8H13F2N3O. The van der Waals surface area contributed by atoms with Crippen molar-refractivity contribution < 1.29 is 13.5 Å². The van der Waals surface area contributed by atoms with Crippen LogP contribution in [0.1, 0.15) is 12.6 Å². The average molecular weight is 205 g/mol. The number of ether oxygens (including phenoxy) is 1. The van der Waals surface area contributed by atoms with Gasteiger partial charge in [0.05, 0.1) is 12.3 Å². The number of nitrogen functional groups attached to an aromatic ring is 1. The predicted molar refractivity (Wildman–Crippen MR) is 48.0 cm³/mol. The van der Waals surface area contributed by atoms with Crippen molar-refractivity contribution in [1.82, 2.24) is 9.78 Å². The van der Waals surface area contributed by atoms with Gasteiger partial charge in [-0.3, -0.25) is 4.68 Å². The minimum absolute atomic E-state index is 0.113. The molecule has 0 aliphatic carbocycles. The van der Waals surface area contributed by atoms with Gasteiger partial charge >= 0.3 is 0 Å². The fourth-order valence-corrected chi connectivity index (χ4v) is 1.12. The van der Waals surface area contributed by atoms with Crippen LogP contribution >= 0.6 is 0 Å². The van der Waals surface area contributed by atoms with Gasteiger partial charge in [0.25, 0.3) is 6.43 Å². The van der Waals surface area contributed by atoms with Gasteiger partial charge in [-0.15, -0.1) is 0 Å². The molecule has 0 unspecified atom stereocenters. The summed E-state index contributed by atoms with van der Waals surface area (Å²) in [7, 11) is 0. The molecule has 0 spiro atoms. The van der Waals surface area contributed by atoms with Gasteiger partial charge in [-0.1, -0.05) is 0 Å². The monoisotopic (exact) mass is 205 g/mol. The quantitative estimate of drug-likeness (QED) is 0.787. The second kappa shape index (κ2) is 4.90. The third-order valence-electron chi connectivity index (χ3n) is 1.68. The number of nitrogens with two attached hydrogens (primary N) is 1. The van der Waals surface area contributed by atoms with E-state index in [2.05, 4.69) is 5.10 Å². The van der Waals surface area contributed by atoms with Gasteiger partial charge in [-0.25, -0.2) is 8.78 Å². The summed E-state index contributed by atoms with van der Waals surface area (Å²) in [6.07, 6.45) is -2.44.